The summed E-state index contributed by atoms with van der Waals surface area (Å²) >= 11 is 0. The van der Waals surface area contributed by atoms with Crippen molar-refractivity contribution < 1.29 is 24.1 Å². The van der Waals surface area contributed by atoms with Gasteiger partial charge in [0.25, 0.3) is 0 Å². The fraction of sp³-hybridized carbons (Fsp3) is 0.404. The third-order valence-electron chi connectivity index (χ3n) is 12.5. The van der Waals surface area contributed by atoms with Gasteiger partial charge in [-0.3, -0.25) is 9.80 Å². The third-order valence-corrected chi connectivity index (χ3v) is 12.5. The molecule has 15 nitrogen and oxygen atoms in total. The van der Waals surface area contributed by atoms with Crippen molar-refractivity contribution in [1.29, 1.82) is 0 Å². The first-order valence-electron chi connectivity index (χ1n) is 21.9. The van der Waals surface area contributed by atoms with Gasteiger partial charge in [0.05, 0.1) is 153 Å². The predicted molar refractivity (Wildman–Crippen MR) is 232 cm³/mol. The van der Waals surface area contributed by atoms with E-state index in [0.717, 1.165) is 120 Å². The number of aliphatic hydroxyl groups is 1. The molecule has 4 saturated heterocycles. The Morgan fingerprint density at radius 1 is 0.435 bits per heavy atom. The van der Waals surface area contributed by atoms with Crippen LogP contribution in [0.1, 0.15) is 23.3 Å². The zero-order valence-corrected chi connectivity index (χ0v) is 34.6. The van der Waals surface area contributed by atoms with Gasteiger partial charge in [0.2, 0.25) is 0 Å². The molecule has 0 spiro atoms. The minimum atomic E-state index is -0.752. The SMILES string of the molecule is OC(CN(Cc1nc2ccccc2n1CC1CO1)Cc1nc2ccccc2n1CC1CO1)CN(Cc1nc2ccccc2n1CC1CO1)Cc1nc2ccccc2n1CC1CO1. The monoisotopic (exact) mass is 834 g/mol. The topological polar surface area (TPSA) is 148 Å². The van der Waals surface area contributed by atoms with Crippen molar-refractivity contribution >= 4 is 44.1 Å². The first-order chi connectivity index (χ1) is 30.5. The van der Waals surface area contributed by atoms with Crippen LogP contribution in [0.2, 0.25) is 0 Å². The summed E-state index contributed by atoms with van der Waals surface area (Å²) < 4.78 is 32.1. The second kappa shape index (κ2) is 16.0. The average Bonchev–Trinajstić information content (AvgIpc) is 4.08. The Bertz CT molecular complexity index is 2500. The Labute approximate surface area is 358 Å². The molecule has 15 heteroatoms. The van der Waals surface area contributed by atoms with Gasteiger partial charge in [-0.05, 0) is 48.5 Å². The van der Waals surface area contributed by atoms with Gasteiger partial charge in [-0.1, -0.05) is 48.5 Å². The molecule has 8 heterocycles. The number of benzene rings is 4. The molecule has 318 valence electrons. The molecule has 4 fully saturated rings. The van der Waals surface area contributed by atoms with E-state index in [4.69, 9.17) is 38.9 Å². The fourth-order valence-electron chi connectivity index (χ4n) is 9.13. The lowest BCUT2D eigenvalue weighted by atomic mass is 10.2. The van der Waals surface area contributed by atoms with Crippen molar-refractivity contribution in [3.8, 4) is 0 Å². The molecule has 1 N–H and O–H groups in total. The molecule has 0 aliphatic carbocycles. The first-order valence-corrected chi connectivity index (χ1v) is 21.9. The van der Waals surface area contributed by atoms with Crippen LogP contribution in [0.3, 0.4) is 0 Å². The zero-order chi connectivity index (χ0) is 41.1. The summed E-state index contributed by atoms with van der Waals surface area (Å²) in [5, 5.41) is 12.5. The lowest BCUT2D eigenvalue weighted by Crippen LogP contribution is -2.41. The van der Waals surface area contributed by atoms with Gasteiger partial charge in [-0.15, -0.1) is 0 Å². The lowest BCUT2D eigenvalue weighted by Gasteiger charge is -2.29. The fourth-order valence-corrected chi connectivity index (χ4v) is 9.13. The Kier molecular flexibility index (Phi) is 9.85. The van der Waals surface area contributed by atoms with Gasteiger partial charge in [0, 0.05) is 13.1 Å². The summed E-state index contributed by atoms with van der Waals surface area (Å²) in [5.74, 6) is 3.74. The number of para-hydroxylation sites is 8. The van der Waals surface area contributed by atoms with Crippen LogP contribution >= 0.6 is 0 Å². The minimum absolute atomic E-state index is 0.174. The zero-order valence-electron chi connectivity index (χ0n) is 34.6. The summed E-state index contributed by atoms with van der Waals surface area (Å²) in [5.41, 5.74) is 8.14. The molecule has 0 bridgehead atoms. The number of hydrogen-bond donors (Lipinski definition) is 1. The number of imidazole rings is 4. The van der Waals surface area contributed by atoms with Crippen LogP contribution in [0.4, 0.5) is 0 Å². The van der Waals surface area contributed by atoms with Crippen LogP contribution in [-0.2, 0) is 71.3 Å². The van der Waals surface area contributed by atoms with Gasteiger partial charge in [0.1, 0.15) is 23.3 Å². The van der Waals surface area contributed by atoms with E-state index < -0.39 is 6.10 Å². The molecule has 62 heavy (non-hydrogen) atoms. The van der Waals surface area contributed by atoms with Crippen LogP contribution in [0, 0.1) is 0 Å². The first kappa shape index (κ1) is 38.2. The number of rotatable bonds is 20. The van der Waals surface area contributed by atoms with E-state index in [1.54, 1.807) is 0 Å². The molecule has 4 unspecified atom stereocenters. The normalized spacial score (nSPS) is 21.0. The summed E-state index contributed by atoms with van der Waals surface area (Å²) in [6, 6.07) is 33.2. The molecule has 0 amide bonds. The van der Waals surface area contributed by atoms with Crippen LogP contribution in [0.25, 0.3) is 44.1 Å². The van der Waals surface area contributed by atoms with E-state index in [1.165, 1.54) is 0 Å². The summed E-state index contributed by atoms with van der Waals surface area (Å²) in [4.78, 5) is 25.3. The molecule has 12 rings (SSSR count). The quantitative estimate of drug-likeness (QED) is 0.106. The minimum Gasteiger partial charge on any atom is -0.390 e. The van der Waals surface area contributed by atoms with E-state index in [-0.39, 0.29) is 24.4 Å². The predicted octanol–water partition coefficient (Wildman–Crippen LogP) is 4.75. The molecule has 4 aromatic carbocycles. The molecular formula is C47H50N10O5. The second-order valence-corrected chi connectivity index (χ2v) is 17.3. The van der Waals surface area contributed by atoms with Crippen molar-refractivity contribution in [2.24, 2.45) is 0 Å². The molecule has 4 aromatic heterocycles. The van der Waals surface area contributed by atoms with E-state index in [2.05, 4.69) is 101 Å². The standard InChI is InChI=1S/C47H50N10O5/c58-31(17-52(23-44-48-36-9-1-5-13-40(36)54(44)19-32-27-59-32)24-45-49-37-10-2-6-14-41(37)55(45)20-33-28-60-33)18-53(25-46-50-38-11-3-7-15-42(38)56(46)21-34-29-61-34)26-47-51-39-12-4-8-16-43(39)57(47)22-35-30-62-35/h1-16,31-35,58H,17-30H2. The van der Waals surface area contributed by atoms with Crippen molar-refractivity contribution in [2.45, 2.75) is 82.9 Å². The van der Waals surface area contributed by atoms with Crippen LogP contribution < -0.4 is 0 Å². The van der Waals surface area contributed by atoms with Gasteiger partial charge >= 0.3 is 0 Å². The number of ether oxygens (including phenoxy) is 4. The van der Waals surface area contributed by atoms with Crippen molar-refractivity contribution in [1.82, 2.24) is 48.0 Å². The molecule has 4 aliphatic heterocycles. The number of hydrogen-bond acceptors (Lipinski definition) is 11. The molecule has 4 atom stereocenters. The maximum Gasteiger partial charge on any atom is 0.124 e. The maximum absolute atomic E-state index is 12.5. The van der Waals surface area contributed by atoms with Gasteiger partial charge < -0.3 is 42.3 Å². The van der Waals surface area contributed by atoms with Crippen molar-refractivity contribution in [3.05, 3.63) is 120 Å². The number of fused-ring (bicyclic) bond motifs is 4. The molecule has 0 radical (unpaired) electrons. The number of aromatic nitrogens is 8. The Morgan fingerprint density at radius 2 is 0.677 bits per heavy atom. The van der Waals surface area contributed by atoms with E-state index in [1.807, 2.05) is 24.3 Å². The van der Waals surface area contributed by atoms with Gasteiger partial charge in [0.15, 0.2) is 0 Å². The largest absolute Gasteiger partial charge is 0.390 e. The summed E-state index contributed by atoms with van der Waals surface area (Å²) in [6.07, 6.45) is -0.0550. The molecular weight excluding hydrogens is 785 g/mol. The number of aliphatic hydroxyl groups excluding tert-OH is 1. The highest BCUT2D eigenvalue weighted by Gasteiger charge is 2.31. The molecule has 4 aliphatic rings. The molecule has 8 aromatic rings. The highest BCUT2D eigenvalue weighted by atomic mass is 16.6. The van der Waals surface area contributed by atoms with Crippen molar-refractivity contribution in [3.63, 3.8) is 0 Å². The van der Waals surface area contributed by atoms with Crippen LogP contribution in [0.15, 0.2) is 97.1 Å². The Hall–Kier alpha value is -5.52. The third kappa shape index (κ3) is 8.13. The average molecular weight is 835 g/mol. The van der Waals surface area contributed by atoms with E-state index in [0.29, 0.717) is 39.3 Å². The summed E-state index contributed by atoms with van der Waals surface area (Å²) in [6.45, 7) is 8.73. The molecule has 0 saturated carbocycles. The number of epoxide rings is 4. The Morgan fingerprint density at radius 3 is 0.919 bits per heavy atom. The van der Waals surface area contributed by atoms with Gasteiger partial charge in [-0.2, -0.15) is 0 Å². The highest BCUT2D eigenvalue weighted by Crippen LogP contribution is 2.28. The number of nitrogens with zero attached hydrogens (tertiary/aromatic N) is 10. The summed E-state index contributed by atoms with van der Waals surface area (Å²) in [7, 11) is 0. The van der Waals surface area contributed by atoms with E-state index in [9.17, 15) is 5.11 Å². The second-order valence-electron chi connectivity index (χ2n) is 17.3. The smallest absolute Gasteiger partial charge is 0.124 e. The van der Waals surface area contributed by atoms with Crippen LogP contribution in [-0.4, -0.2) is 123 Å². The maximum atomic E-state index is 12.5. The lowest BCUT2D eigenvalue weighted by molar-refractivity contribution is 0.0582. The van der Waals surface area contributed by atoms with Gasteiger partial charge in [-0.25, -0.2) is 19.9 Å². The van der Waals surface area contributed by atoms with E-state index >= 15 is 0 Å². The Balaban J connectivity index is 0.892. The highest BCUT2D eigenvalue weighted by molar-refractivity contribution is 5.78. The van der Waals surface area contributed by atoms with Crippen LogP contribution in [0.5, 0.6) is 0 Å². The van der Waals surface area contributed by atoms with Crippen molar-refractivity contribution in [2.75, 3.05) is 39.5 Å².